The molecule has 0 radical (unpaired) electrons. The lowest BCUT2D eigenvalue weighted by molar-refractivity contribution is 0.0728. The van der Waals surface area contributed by atoms with Crippen LogP contribution in [-0.4, -0.2) is 61.3 Å². The van der Waals surface area contributed by atoms with Gasteiger partial charge < -0.3 is 20.0 Å². The summed E-state index contributed by atoms with van der Waals surface area (Å²) >= 11 is 0. The van der Waals surface area contributed by atoms with Gasteiger partial charge in [-0.05, 0) is 17.2 Å². The minimum absolute atomic E-state index is 0.0642. The number of aromatic nitrogens is 2. The van der Waals surface area contributed by atoms with Crippen LogP contribution in [-0.2, 0) is 13.1 Å². The van der Waals surface area contributed by atoms with Crippen molar-refractivity contribution in [2.24, 2.45) is 0 Å². The molecule has 0 spiro atoms. The van der Waals surface area contributed by atoms with E-state index in [1.165, 1.54) is 11.1 Å². The Morgan fingerprint density at radius 3 is 2.03 bits per heavy atom. The van der Waals surface area contributed by atoms with E-state index in [2.05, 4.69) is 49.6 Å². The van der Waals surface area contributed by atoms with Gasteiger partial charge in [-0.25, -0.2) is 0 Å². The van der Waals surface area contributed by atoms with Crippen molar-refractivity contribution in [3.63, 3.8) is 0 Å². The minimum Gasteiger partial charge on any atom is -0.367 e. The summed E-state index contributed by atoms with van der Waals surface area (Å²) in [5.74, 6) is 0.690. The Bertz CT molecular complexity index is 1020. The lowest BCUT2D eigenvalue weighted by Crippen LogP contribution is -2.46. The van der Waals surface area contributed by atoms with Crippen LogP contribution in [0.4, 0.5) is 11.5 Å². The summed E-state index contributed by atoms with van der Waals surface area (Å²) in [7, 11) is 4.04. The third kappa shape index (κ3) is 5.23. The van der Waals surface area contributed by atoms with Gasteiger partial charge in [0.15, 0.2) is 11.5 Å². The molecular formula is C25H30N6O. The van der Waals surface area contributed by atoms with Gasteiger partial charge in [0, 0.05) is 53.4 Å². The van der Waals surface area contributed by atoms with E-state index in [1.54, 1.807) is 0 Å². The van der Waals surface area contributed by atoms with Crippen molar-refractivity contribution in [1.29, 1.82) is 0 Å². The number of piperazine rings is 1. The number of amides is 1. The fourth-order valence-electron chi connectivity index (χ4n) is 3.94. The Labute approximate surface area is 189 Å². The third-order valence-electron chi connectivity index (χ3n) is 5.68. The Balaban J connectivity index is 1.63. The summed E-state index contributed by atoms with van der Waals surface area (Å²) in [5.41, 5.74) is 3.66. The van der Waals surface area contributed by atoms with Gasteiger partial charge in [-0.15, -0.1) is 10.2 Å². The molecule has 3 aromatic rings. The first-order valence-electron chi connectivity index (χ1n) is 11.0. The molecule has 1 aromatic heterocycles. The highest BCUT2D eigenvalue weighted by Gasteiger charge is 2.23. The van der Waals surface area contributed by atoms with E-state index >= 15 is 0 Å². The van der Waals surface area contributed by atoms with Crippen LogP contribution >= 0.6 is 0 Å². The summed E-state index contributed by atoms with van der Waals surface area (Å²) in [6, 6.07) is 22.5. The molecule has 0 atom stereocenters. The highest BCUT2D eigenvalue weighted by molar-refractivity contribution is 5.94. The predicted octanol–water partition coefficient (Wildman–Crippen LogP) is 2.79. The number of hydrogen-bond donors (Lipinski definition) is 1. The predicted molar refractivity (Wildman–Crippen MR) is 128 cm³/mol. The molecule has 1 fully saturated rings. The van der Waals surface area contributed by atoms with Crippen LogP contribution in [0, 0.1) is 0 Å². The maximum Gasteiger partial charge on any atom is 0.274 e. The molecular weight excluding hydrogens is 400 g/mol. The topological polar surface area (TPSA) is 64.6 Å². The summed E-state index contributed by atoms with van der Waals surface area (Å²) in [6.07, 6.45) is 0. The van der Waals surface area contributed by atoms with E-state index in [9.17, 15) is 4.79 Å². The number of rotatable bonds is 7. The van der Waals surface area contributed by atoms with Crippen LogP contribution < -0.4 is 15.1 Å². The van der Waals surface area contributed by atoms with E-state index in [-0.39, 0.29) is 5.91 Å². The smallest absolute Gasteiger partial charge is 0.274 e. The minimum atomic E-state index is -0.0642. The average molecular weight is 431 g/mol. The molecule has 1 aliphatic heterocycles. The number of nitrogens with zero attached hydrogens (tertiary/aromatic N) is 5. The lowest BCUT2D eigenvalue weighted by atomic mass is 10.2. The molecule has 4 rings (SSSR count). The van der Waals surface area contributed by atoms with Gasteiger partial charge in [0.2, 0.25) is 0 Å². The standard InChI is InChI=1S/C25H30N6O/c1-29(18-20-9-5-3-6-10-20)23-17-22(25(32)31-15-13-26-14-16-31)27-28-24(23)30(2)19-21-11-7-4-8-12-21/h3-12,17,26H,13-16,18-19H2,1-2H3. The molecule has 2 heterocycles. The lowest BCUT2D eigenvalue weighted by Gasteiger charge is -2.29. The Kier molecular flexibility index (Phi) is 6.97. The van der Waals surface area contributed by atoms with E-state index in [0.717, 1.165) is 24.6 Å². The van der Waals surface area contributed by atoms with E-state index in [1.807, 2.05) is 61.5 Å². The Morgan fingerprint density at radius 1 is 0.875 bits per heavy atom. The first-order chi connectivity index (χ1) is 15.6. The molecule has 1 N–H and O–H groups in total. The molecule has 1 amide bonds. The summed E-state index contributed by atoms with van der Waals surface area (Å²) in [6.45, 7) is 4.39. The second kappa shape index (κ2) is 10.2. The summed E-state index contributed by atoms with van der Waals surface area (Å²) in [4.78, 5) is 19.1. The summed E-state index contributed by atoms with van der Waals surface area (Å²) in [5, 5.41) is 12.1. The van der Waals surface area contributed by atoms with Gasteiger partial charge >= 0.3 is 0 Å². The summed E-state index contributed by atoms with van der Waals surface area (Å²) < 4.78 is 0. The molecule has 7 heteroatoms. The van der Waals surface area contributed by atoms with Crippen molar-refractivity contribution in [3.8, 4) is 0 Å². The van der Waals surface area contributed by atoms with Gasteiger partial charge in [0.1, 0.15) is 0 Å². The maximum absolute atomic E-state index is 13.1. The number of benzene rings is 2. The molecule has 2 aromatic carbocycles. The van der Waals surface area contributed by atoms with E-state index in [4.69, 9.17) is 0 Å². The molecule has 166 valence electrons. The van der Waals surface area contributed by atoms with Gasteiger partial charge in [-0.2, -0.15) is 0 Å². The van der Waals surface area contributed by atoms with Crippen molar-refractivity contribution >= 4 is 17.4 Å². The highest BCUT2D eigenvalue weighted by Crippen LogP contribution is 2.28. The molecule has 1 saturated heterocycles. The third-order valence-corrected chi connectivity index (χ3v) is 5.68. The second-order valence-corrected chi connectivity index (χ2v) is 8.16. The second-order valence-electron chi connectivity index (χ2n) is 8.16. The number of anilines is 2. The number of carbonyl (C=O) groups excluding carboxylic acids is 1. The molecule has 7 nitrogen and oxygen atoms in total. The van der Waals surface area contributed by atoms with Gasteiger partial charge in [0.25, 0.3) is 5.91 Å². The number of nitrogens with one attached hydrogen (secondary N) is 1. The quantitative estimate of drug-likeness (QED) is 0.622. The van der Waals surface area contributed by atoms with Gasteiger partial charge in [-0.3, -0.25) is 4.79 Å². The van der Waals surface area contributed by atoms with Crippen molar-refractivity contribution in [3.05, 3.63) is 83.6 Å². The number of carbonyl (C=O) groups is 1. The van der Waals surface area contributed by atoms with Crippen molar-refractivity contribution in [2.75, 3.05) is 50.1 Å². The van der Waals surface area contributed by atoms with Gasteiger partial charge in [0.05, 0.1) is 5.69 Å². The molecule has 0 aliphatic carbocycles. The zero-order chi connectivity index (χ0) is 22.3. The highest BCUT2D eigenvalue weighted by atomic mass is 16.2. The fraction of sp³-hybridized carbons (Fsp3) is 0.320. The van der Waals surface area contributed by atoms with Crippen LogP contribution in [0.15, 0.2) is 66.7 Å². The van der Waals surface area contributed by atoms with Crippen molar-refractivity contribution < 1.29 is 4.79 Å². The molecule has 0 bridgehead atoms. The molecule has 1 aliphatic rings. The van der Waals surface area contributed by atoms with Crippen LogP contribution in [0.1, 0.15) is 21.6 Å². The average Bonchev–Trinajstić information content (AvgIpc) is 2.85. The van der Waals surface area contributed by atoms with Crippen LogP contribution in [0.2, 0.25) is 0 Å². The Morgan fingerprint density at radius 2 is 1.44 bits per heavy atom. The maximum atomic E-state index is 13.1. The van der Waals surface area contributed by atoms with E-state index < -0.39 is 0 Å². The molecule has 32 heavy (non-hydrogen) atoms. The molecule has 0 saturated carbocycles. The SMILES string of the molecule is CN(Cc1ccccc1)c1cc(C(=O)N2CCNCC2)nnc1N(C)Cc1ccccc1. The zero-order valence-electron chi connectivity index (χ0n) is 18.7. The normalized spacial score (nSPS) is 13.6. The van der Waals surface area contributed by atoms with Crippen molar-refractivity contribution in [2.45, 2.75) is 13.1 Å². The fourth-order valence-corrected chi connectivity index (χ4v) is 3.94. The number of hydrogen-bond acceptors (Lipinski definition) is 6. The monoisotopic (exact) mass is 430 g/mol. The first kappa shape index (κ1) is 21.8. The molecule has 0 unspecified atom stereocenters. The van der Waals surface area contributed by atoms with E-state index in [0.29, 0.717) is 31.9 Å². The van der Waals surface area contributed by atoms with Crippen LogP contribution in [0.3, 0.4) is 0 Å². The van der Waals surface area contributed by atoms with Crippen molar-refractivity contribution in [1.82, 2.24) is 20.4 Å². The Hall–Kier alpha value is -3.45. The zero-order valence-corrected chi connectivity index (χ0v) is 18.7. The largest absolute Gasteiger partial charge is 0.367 e. The van der Waals surface area contributed by atoms with Crippen LogP contribution in [0.5, 0.6) is 0 Å². The van der Waals surface area contributed by atoms with Crippen LogP contribution in [0.25, 0.3) is 0 Å². The first-order valence-corrected chi connectivity index (χ1v) is 11.0. The van der Waals surface area contributed by atoms with Gasteiger partial charge in [-0.1, -0.05) is 60.7 Å².